The molecule has 0 radical (unpaired) electrons. The summed E-state index contributed by atoms with van der Waals surface area (Å²) in [7, 11) is -2.05. The van der Waals surface area contributed by atoms with Crippen LogP contribution in [0.5, 0.6) is 5.75 Å². The number of hydrogen-bond acceptors (Lipinski definition) is 5. The summed E-state index contributed by atoms with van der Waals surface area (Å²) in [4.78, 5) is 14.7. The summed E-state index contributed by atoms with van der Waals surface area (Å²) in [5, 5.41) is 9.81. The largest absolute Gasteiger partial charge is 0.487 e. The molecule has 188 valence electrons. The zero-order valence-corrected chi connectivity index (χ0v) is 21.4. The van der Waals surface area contributed by atoms with Crippen LogP contribution >= 0.6 is 0 Å². The lowest BCUT2D eigenvalue weighted by Gasteiger charge is -2.38. The van der Waals surface area contributed by atoms with Crippen LogP contribution in [0.15, 0.2) is 29.2 Å². The Morgan fingerprint density at radius 2 is 2.03 bits per heavy atom. The van der Waals surface area contributed by atoms with Gasteiger partial charge in [-0.3, -0.25) is 4.79 Å². The van der Waals surface area contributed by atoms with E-state index in [1.165, 1.54) is 16.3 Å². The number of hydrogen-bond donors (Lipinski definition) is 1. The number of sulfonamides is 1. The van der Waals surface area contributed by atoms with Gasteiger partial charge in [0.1, 0.15) is 16.7 Å². The second kappa shape index (κ2) is 10.4. The van der Waals surface area contributed by atoms with Gasteiger partial charge in [0.2, 0.25) is 15.9 Å². The van der Waals surface area contributed by atoms with Crippen molar-refractivity contribution in [2.75, 3.05) is 26.7 Å². The third kappa shape index (κ3) is 5.04. The van der Waals surface area contributed by atoms with Crippen molar-refractivity contribution in [2.45, 2.75) is 75.8 Å². The van der Waals surface area contributed by atoms with Crippen molar-refractivity contribution in [1.82, 2.24) is 9.21 Å². The number of carbonyl (C=O) groups is 1. The van der Waals surface area contributed by atoms with Gasteiger partial charge in [0, 0.05) is 31.5 Å². The van der Waals surface area contributed by atoms with Gasteiger partial charge >= 0.3 is 0 Å². The van der Waals surface area contributed by atoms with Gasteiger partial charge in [-0.1, -0.05) is 25.5 Å². The molecule has 8 heteroatoms. The third-order valence-electron chi connectivity index (χ3n) is 7.61. The summed E-state index contributed by atoms with van der Waals surface area (Å²) in [6.45, 7) is 4.01. The van der Waals surface area contributed by atoms with Gasteiger partial charge in [-0.2, -0.15) is 4.31 Å². The number of nitrogens with zero attached hydrogens (tertiary/aromatic N) is 2. The molecule has 2 aliphatic carbocycles. The zero-order valence-electron chi connectivity index (χ0n) is 20.6. The molecule has 7 nitrogen and oxygen atoms in total. The Bertz CT molecular complexity index is 1030. The number of rotatable bonds is 6. The lowest BCUT2D eigenvalue weighted by molar-refractivity contribution is -0.138. The fourth-order valence-electron chi connectivity index (χ4n) is 5.07. The molecule has 0 aromatic heterocycles. The lowest BCUT2D eigenvalue weighted by atomic mass is 9.84. The van der Waals surface area contributed by atoms with Crippen LogP contribution in [0.4, 0.5) is 0 Å². The van der Waals surface area contributed by atoms with Crippen LogP contribution in [0.1, 0.15) is 64.4 Å². The Balaban J connectivity index is 1.71. The highest BCUT2D eigenvalue weighted by atomic mass is 32.2. The van der Waals surface area contributed by atoms with Crippen LogP contribution in [0.3, 0.4) is 0 Å². The number of aliphatic hydroxyl groups excluding tert-OH is 1. The van der Waals surface area contributed by atoms with Gasteiger partial charge < -0.3 is 14.7 Å². The van der Waals surface area contributed by atoms with Crippen LogP contribution in [-0.2, 0) is 14.8 Å². The van der Waals surface area contributed by atoms with Gasteiger partial charge in [-0.25, -0.2) is 8.42 Å². The van der Waals surface area contributed by atoms with E-state index in [1.54, 1.807) is 17.9 Å². The second-order valence-corrected chi connectivity index (χ2v) is 12.1. The van der Waals surface area contributed by atoms with E-state index in [0.717, 1.165) is 44.1 Å². The molecule has 1 N–H and O–H groups in total. The van der Waals surface area contributed by atoms with Crippen molar-refractivity contribution in [2.24, 2.45) is 11.8 Å². The molecular weight excluding hydrogens is 452 g/mol. The molecule has 3 aliphatic rings. The molecule has 1 fully saturated rings. The number of fused-ring (bicyclic) bond motifs is 1. The number of likely N-dealkylation sites (N-methyl/N-ethyl adjacent to an activating group) is 1. The average molecular weight is 491 g/mol. The second-order valence-electron chi connectivity index (χ2n) is 10.2. The standard InChI is InChI=1S/C26H38N2O5S/c1-18-15-28(19(2)17-29)34(31,32)25-13-12-22(20-8-5-4-6-9-20)14-23(25)33-24(18)16-27(3)26(30)21-10-7-11-21/h8,12-14,18-19,21,24,29H,4-7,9-11,15-17H2,1-3H3/t18-,19-,24-/m1/s1. The van der Waals surface area contributed by atoms with E-state index in [4.69, 9.17) is 4.74 Å². The van der Waals surface area contributed by atoms with E-state index in [9.17, 15) is 18.3 Å². The smallest absolute Gasteiger partial charge is 0.247 e. The van der Waals surface area contributed by atoms with Crippen LogP contribution in [-0.4, -0.2) is 67.5 Å². The first-order valence-corrected chi connectivity index (χ1v) is 14.0. The number of ether oxygens (including phenoxy) is 1. The fraction of sp³-hybridized carbons (Fsp3) is 0.654. The molecule has 4 rings (SSSR count). The van der Waals surface area contributed by atoms with Crippen LogP contribution in [0, 0.1) is 11.8 Å². The van der Waals surface area contributed by atoms with Gasteiger partial charge in [0.05, 0.1) is 13.2 Å². The number of allylic oxidation sites excluding steroid dienone is 2. The molecule has 3 atom stereocenters. The highest BCUT2D eigenvalue weighted by Gasteiger charge is 2.39. The quantitative estimate of drug-likeness (QED) is 0.658. The highest BCUT2D eigenvalue weighted by Crippen LogP contribution is 2.37. The highest BCUT2D eigenvalue weighted by molar-refractivity contribution is 7.89. The minimum atomic E-state index is -3.86. The normalized spacial score (nSPS) is 26.2. The Hall–Kier alpha value is -1.90. The molecule has 0 spiro atoms. The Morgan fingerprint density at radius 3 is 2.65 bits per heavy atom. The third-order valence-corrected chi connectivity index (χ3v) is 9.63. The molecule has 34 heavy (non-hydrogen) atoms. The van der Waals surface area contributed by atoms with Crippen molar-refractivity contribution >= 4 is 21.5 Å². The van der Waals surface area contributed by atoms with Crippen LogP contribution in [0.25, 0.3) is 5.57 Å². The van der Waals surface area contributed by atoms with Gasteiger partial charge in [0.25, 0.3) is 0 Å². The average Bonchev–Trinajstić information content (AvgIpc) is 2.79. The number of aliphatic hydroxyl groups is 1. The SMILES string of the molecule is C[C@@H]1CN([C@H](C)CO)S(=O)(=O)c2ccc(C3=CCCCC3)cc2O[C@@H]1CN(C)C(=O)C1CCC1. The Labute approximate surface area is 203 Å². The van der Waals surface area contributed by atoms with E-state index >= 15 is 0 Å². The molecule has 1 amide bonds. The molecule has 0 unspecified atom stereocenters. The summed E-state index contributed by atoms with van der Waals surface area (Å²) in [5.74, 6) is 0.391. The van der Waals surface area contributed by atoms with Crippen molar-refractivity contribution in [3.8, 4) is 5.75 Å². The number of amides is 1. The maximum absolute atomic E-state index is 13.6. The first-order valence-electron chi connectivity index (χ1n) is 12.6. The van der Waals surface area contributed by atoms with E-state index < -0.39 is 16.1 Å². The molecular formula is C26H38N2O5S. The molecule has 0 saturated heterocycles. The van der Waals surface area contributed by atoms with Crippen molar-refractivity contribution in [3.05, 3.63) is 29.8 Å². The molecule has 1 saturated carbocycles. The topological polar surface area (TPSA) is 87.2 Å². The Kier molecular flexibility index (Phi) is 7.69. The molecule has 0 bridgehead atoms. The Morgan fingerprint density at radius 1 is 1.26 bits per heavy atom. The van der Waals surface area contributed by atoms with Gasteiger partial charge in [-0.05, 0) is 68.7 Å². The summed E-state index contributed by atoms with van der Waals surface area (Å²) in [6.07, 6.45) is 9.13. The number of carbonyl (C=O) groups excluding carboxylic acids is 1. The van der Waals surface area contributed by atoms with E-state index in [1.807, 2.05) is 26.1 Å². The minimum absolute atomic E-state index is 0.0947. The van der Waals surface area contributed by atoms with Crippen molar-refractivity contribution < 1.29 is 23.1 Å². The fourth-order valence-corrected chi connectivity index (χ4v) is 6.90. The van der Waals surface area contributed by atoms with Crippen molar-refractivity contribution in [1.29, 1.82) is 0 Å². The molecule has 1 heterocycles. The summed E-state index contributed by atoms with van der Waals surface area (Å²) in [6, 6.07) is 4.80. The monoisotopic (exact) mass is 490 g/mol. The van der Waals surface area contributed by atoms with Crippen LogP contribution < -0.4 is 4.74 Å². The van der Waals surface area contributed by atoms with Crippen LogP contribution in [0.2, 0.25) is 0 Å². The molecule has 1 aromatic rings. The van der Waals surface area contributed by atoms with Crippen molar-refractivity contribution in [3.63, 3.8) is 0 Å². The molecule has 1 aromatic carbocycles. The maximum atomic E-state index is 13.6. The van der Waals surface area contributed by atoms with E-state index in [2.05, 4.69) is 6.08 Å². The predicted octanol–water partition coefficient (Wildman–Crippen LogP) is 3.67. The number of benzene rings is 1. The van der Waals surface area contributed by atoms with E-state index in [-0.39, 0.29) is 41.9 Å². The minimum Gasteiger partial charge on any atom is -0.487 e. The van der Waals surface area contributed by atoms with Gasteiger partial charge in [0.15, 0.2) is 0 Å². The maximum Gasteiger partial charge on any atom is 0.247 e. The summed E-state index contributed by atoms with van der Waals surface area (Å²) >= 11 is 0. The predicted molar refractivity (Wildman–Crippen MR) is 132 cm³/mol. The lowest BCUT2D eigenvalue weighted by Crippen LogP contribution is -2.50. The first kappa shape index (κ1) is 25.2. The molecule has 1 aliphatic heterocycles. The van der Waals surface area contributed by atoms with E-state index in [0.29, 0.717) is 12.3 Å². The van der Waals surface area contributed by atoms with Gasteiger partial charge in [-0.15, -0.1) is 0 Å². The zero-order chi connectivity index (χ0) is 24.5. The summed E-state index contributed by atoms with van der Waals surface area (Å²) < 4.78 is 35.1. The first-order chi connectivity index (χ1) is 16.2. The summed E-state index contributed by atoms with van der Waals surface area (Å²) in [5.41, 5.74) is 2.21.